The van der Waals surface area contributed by atoms with Crippen molar-refractivity contribution in [2.45, 2.75) is 71.9 Å². The minimum Gasteiger partial charge on any atom is -0.450 e. The molecule has 3 rings (SSSR count). The molecular weight excluding hydrogens is 364 g/mol. The van der Waals surface area contributed by atoms with Gasteiger partial charge in [0.2, 0.25) is 0 Å². The van der Waals surface area contributed by atoms with Crippen LogP contribution >= 0.6 is 0 Å². The van der Waals surface area contributed by atoms with Crippen molar-refractivity contribution < 1.29 is 14.3 Å². The quantitative estimate of drug-likeness (QED) is 0.705. The van der Waals surface area contributed by atoms with Gasteiger partial charge in [-0.1, -0.05) is 39.8 Å². The van der Waals surface area contributed by atoms with Gasteiger partial charge in [-0.25, -0.2) is 4.79 Å². The maximum absolute atomic E-state index is 13.2. The second kappa shape index (κ2) is 9.19. The highest BCUT2D eigenvalue weighted by atomic mass is 16.6. The molecule has 0 saturated carbocycles. The van der Waals surface area contributed by atoms with E-state index in [-0.39, 0.29) is 24.0 Å². The van der Waals surface area contributed by atoms with E-state index in [1.807, 2.05) is 24.0 Å². The van der Waals surface area contributed by atoms with Crippen molar-refractivity contribution in [2.75, 3.05) is 19.7 Å². The van der Waals surface area contributed by atoms with Crippen LogP contribution in [0.5, 0.6) is 0 Å². The van der Waals surface area contributed by atoms with E-state index in [2.05, 4.69) is 44.7 Å². The largest absolute Gasteiger partial charge is 0.450 e. The molecule has 5 nitrogen and oxygen atoms in total. The van der Waals surface area contributed by atoms with Crippen LogP contribution in [0.4, 0.5) is 4.79 Å². The first kappa shape index (κ1) is 21.7. The molecule has 3 unspecified atom stereocenters. The lowest BCUT2D eigenvalue weighted by Gasteiger charge is -2.28. The fourth-order valence-corrected chi connectivity index (χ4v) is 4.99. The van der Waals surface area contributed by atoms with E-state index < -0.39 is 0 Å². The van der Waals surface area contributed by atoms with Gasteiger partial charge in [0, 0.05) is 36.7 Å². The van der Waals surface area contributed by atoms with Gasteiger partial charge >= 0.3 is 6.09 Å². The number of amides is 2. The lowest BCUT2D eigenvalue weighted by Crippen LogP contribution is -2.39. The molecule has 1 aromatic rings. The fourth-order valence-electron chi connectivity index (χ4n) is 4.99. The summed E-state index contributed by atoms with van der Waals surface area (Å²) in [5.41, 5.74) is 1.92. The summed E-state index contributed by atoms with van der Waals surface area (Å²) in [6, 6.07) is 8.57. The summed E-state index contributed by atoms with van der Waals surface area (Å²) in [4.78, 5) is 29.6. The van der Waals surface area contributed by atoms with Crippen LogP contribution in [0.15, 0.2) is 24.3 Å². The number of hydrogen-bond donors (Lipinski definition) is 0. The molecule has 2 heterocycles. The number of likely N-dealkylation sites (tertiary alicyclic amines) is 2. The van der Waals surface area contributed by atoms with Crippen molar-refractivity contribution in [3.8, 4) is 0 Å². The highest BCUT2D eigenvalue weighted by Gasteiger charge is 2.38. The maximum Gasteiger partial charge on any atom is 0.410 e. The Bertz CT molecular complexity index is 731. The normalized spacial score (nSPS) is 24.6. The number of carbonyl (C=O) groups excluding carboxylic acids is 2. The van der Waals surface area contributed by atoms with E-state index in [9.17, 15) is 9.59 Å². The van der Waals surface area contributed by atoms with Crippen LogP contribution in [0.25, 0.3) is 0 Å². The molecule has 3 atom stereocenters. The molecule has 160 valence electrons. The van der Waals surface area contributed by atoms with Gasteiger partial charge in [0.15, 0.2) is 0 Å². The van der Waals surface area contributed by atoms with Crippen LogP contribution in [-0.4, -0.2) is 53.6 Å². The first-order valence-electron chi connectivity index (χ1n) is 11.2. The molecule has 2 saturated heterocycles. The Labute approximate surface area is 175 Å². The maximum atomic E-state index is 13.2. The predicted octanol–water partition coefficient (Wildman–Crippen LogP) is 4.92. The monoisotopic (exact) mass is 400 g/mol. The third-order valence-electron chi connectivity index (χ3n) is 6.55. The molecule has 0 aliphatic carbocycles. The third-order valence-corrected chi connectivity index (χ3v) is 6.55. The van der Waals surface area contributed by atoms with Crippen LogP contribution in [0.1, 0.15) is 75.7 Å². The summed E-state index contributed by atoms with van der Waals surface area (Å²) in [7, 11) is 0. The minimum absolute atomic E-state index is 0.142. The van der Waals surface area contributed by atoms with Gasteiger partial charge < -0.3 is 14.5 Å². The first-order chi connectivity index (χ1) is 13.8. The second-order valence-electron chi connectivity index (χ2n) is 9.17. The number of carbonyl (C=O) groups is 2. The van der Waals surface area contributed by atoms with Crippen molar-refractivity contribution in [3.05, 3.63) is 35.4 Å². The highest BCUT2D eigenvalue weighted by Crippen LogP contribution is 2.36. The number of ether oxygens (including phenoxy) is 1. The fraction of sp³-hybridized carbons (Fsp3) is 0.667. The molecule has 29 heavy (non-hydrogen) atoms. The average molecular weight is 401 g/mol. The predicted molar refractivity (Wildman–Crippen MR) is 115 cm³/mol. The molecule has 2 aliphatic heterocycles. The molecular formula is C24H36N2O3. The van der Waals surface area contributed by atoms with E-state index in [0.29, 0.717) is 31.0 Å². The Morgan fingerprint density at radius 3 is 2.48 bits per heavy atom. The zero-order valence-corrected chi connectivity index (χ0v) is 18.6. The Hall–Kier alpha value is -2.04. The van der Waals surface area contributed by atoms with E-state index in [1.54, 1.807) is 0 Å². The van der Waals surface area contributed by atoms with Gasteiger partial charge in [-0.2, -0.15) is 0 Å². The SMILES string of the molecule is CCOC(=O)N1CC(c2cccc(C(=O)N3CCCC3C(C)C)c2)CC1C(C)C. The molecule has 2 amide bonds. The minimum atomic E-state index is -0.224. The van der Waals surface area contributed by atoms with Crippen LogP contribution < -0.4 is 0 Å². The molecule has 0 radical (unpaired) electrons. The van der Waals surface area contributed by atoms with Crippen LogP contribution in [0.3, 0.4) is 0 Å². The molecule has 2 aliphatic rings. The summed E-state index contributed by atoms with van der Waals surface area (Å²) >= 11 is 0. The van der Waals surface area contributed by atoms with E-state index in [4.69, 9.17) is 4.74 Å². The molecule has 0 spiro atoms. The van der Waals surface area contributed by atoms with Crippen molar-refractivity contribution in [2.24, 2.45) is 11.8 Å². The Balaban J connectivity index is 1.79. The molecule has 0 N–H and O–H groups in total. The lowest BCUT2D eigenvalue weighted by atomic mass is 9.91. The number of hydrogen-bond acceptors (Lipinski definition) is 3. The highest BCUT2D eigenvalue weighted by molar-refractivity contribution is 5.94. The van der Waals surface area contributed by atoms with Crippen LogP contribution in [0, 0.1) is 11.8 Å². The van der Waals surface area contributed by atoms with Crippen molar-refractivity contribution >= 4 is 12.0 Å². The van der Waals surface area contributed by atoms with Crippen LogP contribution in [0.2, 0.25) is 0 Å². The van der Waals surface area contributed by atoms with Crippen molar-refractivity contribution in [3.63, 3.8) is 0 Å². The summed E-state index contributed by atoms with van der Waals surface area (Å²) < 4.78 is 5.28. The van der Waals surface area contributed by atoms with Crippen LogP contribution in [-0.2, 0) is 4.74 Å². The standard InChI is InChI=1S/C24H36N2O3/c1-6-29-24(28)26-15-20(14-22(26)17(4)5)18-9-7-10-19(13-18)23(27)25-12-8-11-21(25)16(2)3/h7,9-10,13,16-17,20-22H,6,8,11-12,14-15H2,1-5H3. The van der Waals surface area contributed by atoms with Gasteiger partial charge in [0.1, 0.15) is 0 Å². The molecule has 0 aromatic heterocycles. The summed E-state index contributed by atoms with van der Waals surface area (Å²) in [5, 5.41) is 0. The molecule has 0 bridgehead atoms. The topological polar surface area (TPSA) is 49.9 Å². The van der Waals surface area contributed by atoms with E-state index >= 15 is 0 Å². The lowest BCUT2D eigenvalue weighted by molar-refractivity contribution is 0.0701. The van der Waals surface area contributed by atoms with Gasteiger partial charge in [0.25, 0.3) is 5.91 Å². The van der Waals surface area contributed by atoms with E-state index in [1.165, 1.54) is 0 Å². The zero-order chi connectivity index (χ0) is 21.1. The summed E-state index contributed by atoms with van der Waals surface area (Å²) in [5.74, 6) is 1.22. The Kier molecular flexibility index (Phi) is 6.86. The smallest absolute Gasteiger partial charge is 0.410 e. The van der Waals surface area contributed by atoms with Gasteiger partial charge in [-0.3, -0.25) is 4.79 Å². The number of rotatable bonds is 5. The van der Waals surface area contributed by atoms with Crippen molar-refractivity contribution in [1.29, 1.82) is 0 Å². The van der Waals surface area contributed by atoms with Gasteiger partial charge in [0.05, 0.1) is 6.61 Å². The molecule has 5 heteroatoms. The van der Waals surface area contributed by atoms with Gasteiger partial charge in [-0.15, -0.1) is 0 Å². The zero-order valence-electron chi connectivity index (χ0n) is 18.6. The average Bonchev–Trinajstić information content (AvgIpc) is 3.35. The first-order valence-corrected chi connectivity index (χ1v) is 11.2. The summed E-state index contributed by atoms with van der Waals surface area (Å²) in [6.07, 6.45) is 2.86. The third kappa shape index (κ3) is 4.59. The van der Waals surface area contributed by atoms with E-state index in [0.717, 1.165) is 36.9 Å². The van der Waals surface area contributed by atoms with Gasteiger partial charge in [-0.05, 0) is 55.7 Å². The molecule has 1 aromatic carbocycles. The van der Waals surface area contributed by atoms with Crippen molar-refractivity contribution in [1.82, 2.24) is 9.80 Å². The second-order valence-corrected chi connectivity index (χ2v) is 9.17. The number of benzene rings is 1. The molecule has 2 fully saturated rings. The summed E-state index contributed by atoms with van der Waals surface area (Å²) in [6.45, 7) is 12.4. The Morgan fingerprint density at radius 1 is 1.10 bits per heavy atom. The number of nitrogens with zero attached hydrogens (tertiary/aromatic N) is 2. The Morgan fingerprint density at radius 2 is 1.83 bits per heavy atom.